The first-order valence-electron chi connectivity index (χ1n) is 6.34. The van der Waals surface area contributed by atoms with Gasteiger partial charge in [0.25, 0.3) is 0 Å². The number of fused-ring (bicyclic) bond motifs is 1. The summed E-state index contributed by atoms with van der Waals surface area (Å²) >= 11 is 2.70. The van der Waals surface area contributed by atoms with Crippen LogP contribution >= 0.6 is 23.1 Å². The number of carbonyl (C=O) groups is 1. The number of aryl methyl sites for hydroxylation is 1. The van der Waals surface area contributed by atoms with E-state index in [9.17, 15) is 4.79 Å². The van der Waals surface area contributed by atoms with Crippen LogP contribution in [0, 0.1) is 0 Å². The summed E-state index contributed by atoms with van der Waals surface area (Å²) in [5, 5.41) is 8.09. The molecule has 1 amide bonds. The number of nitrogens with two attached hydrogens (primary N) is 1. The summed E-state index contributed by atoms with van der Waals surface area (Å²) in [6, 6.07) is 8.10. The third-order valence-electron chi connectivity index (χ3n) is 3.15. The van der Waals surface area contributed by atoms with E-state index in [0.29, 0.717) is 10.9 Å². The van der Waals surface area contributed by atoms with E-state index in [1.165, 1.54) is 28.7 Å². The number of carbonyl (C=O) groups excluding carboxylic acids is 1. The number of thioether (sulfide) groups is 1. The summed E-state index contributed by atoms with van der Waals surface area (Å²) < 4.78 is 0.737. The highest BCUT2D eigenvalue weighted by atomic mass is 32.2. The maximum atomic E-state index is 12.4. The number of hydrogen-bond donors (Lipinski definition) is 1. The molecule has 0 radical (unpaired) electrons. The average Bonchev–Trinajstić information content (AvgIpc) is 2.90. The van der Waals surface area contributed by atoms with Crippen LogP contribution in [0.4, 0.5) is 10.8 Å². The SMILES string of the molecule is Nc1nnc(SCC(=O)N2CCCc3ccccc32)s1. The van der Waals surface area contributed by atoms with Crippen molar-refractivity contribution in [2.75, 3.05) is 22.9 Å². The average molecular weight is 306 g/mol. The number of benzene rings is 1. The Kier molecular flexibility index (Phi) is 3.88. The molecule has 20 heavy (non-hydrogen) atoms. The first-order chi connectivity index (χ1) is 9.74. The topological polar surface area (TPSA) is 72.1 Å². The molecule has 1 aliphatic rings. The summed E-state index contributed by atoms with van der Waals surface area (Å²) in [6.45, 7) is 0.786. The zero-order chi connectivity index (χ0) is 13.9. The van der Waals surface area contributed by atoms with Crippen LogP contribution in [0.3, 0.4) is 0 Å². The van der Waals surface area contributed by atoms with Crippen molar-refractivity contribution in [3.63, 3.8) is 0 Å². The van der Waals surface area contributed by atoms with E-state index in [1.807, 2.05) is 23.1 Å². The molecule has 0 saturated carbocycles. The van der Waals surface area contributed by atoms with Crippen molar-refractivity contribution in [3.05, 3.63) is 29.8 Å². The zero-order valence-corrected chi connectivity index (χ0v) is 12.4. The number of nitrogens with zero attached hydrogens (tertiary/aromatic N) is 3. The summed E-state index contributed by atoms with van der Waals surface area (Å²) in [7, 11) is 0. The molecule has 0 atom stereocenters. The molecule has 0 aliphatic carbocycles. The summed E-state index contributed by atoms with van der Waals surface area (Å²) in [5.41, 5.74) is 7.82. The van der Waals surface area contributed by atoms with Gasteiger partial charge in [-0.2, -0.15) is 0 Å². The maximum Gasteiger partial charge on any atom is 0.237 e. The highest BCUT2D eigenvalue weighted by Gasteiger charge is 2.22. The molecule has 1 aromatic carbocycles. The van der Waals surface area contributed by atoms with E-state index in [-0.39, 0.29) is 5.91 Å². The summed E-state index contributed by atoms with van der Waals surface area (Å²) in [4.78, 5) is 14.2. The van der Waals surface area contributed by atoms with Crippen molar-refractivity contribution in [2.24, 2.45) is 0 Å². The van der Waals surface area contributed by atoms with Crippen molar-refractivity contribution in [2.45, 2.75) is 17.2 Å². The molecule has 2 aromatic rings. The molecule has 0 spiro atoms. The van der Waals surface area contributed by atoms with Gasteiger partial charge in [0.05, 0.1) is 5.75 Å². The van der Waals surface area contributed by atoms with E-state index in [4.69, 9.17) is 5.73 Å². The Morgan fingerprint density at radius 1 is 1.40 bits per heavy atom. The minimum atomic E-state index is 0.107. The number of hydrogen-bond acceptors (Lipinski definition) is 6. The maximum absolute atomic E-state index is 12.4. The lowest BCUT2D eigenvalue weighted by Gasteiger charge is -2.29. The molecule has 7 heteroatoms. The lowest BCUT2D eigenvalue weighted by Crippen LogP contribution is -2.36. The van der Waals surface area contributed by atoms with Gasteiger partial charge in [0.15, 0.2) is 4.34 Å². The molecule has 0 fully saturated rings. The molecule has 1 aliphatic heterocycles. The lowest BCUT2D eigenvalue weighted by atomic mass is 10.0. The number of nitrogen functional groups attached to an aromatic ring is 1. The van der Waals surface area contributed by atoms with Crippen LogP contribution in [0.1, 0.15) is 12.0 Å². The van der Waals surface area contributed by atoms with Crippen molar-refractivity contribution < 1.29 is 4.79 Å². The fraction of sp³-hybridized carbons (Fsp3) is 0.308. The van der Waals surface area contributed by atoms with Crippen molar-refractivity contribution in [1.82, 2.24) is 10.2 Å². The Morgan fingerprint density at radius 2 is 2.25 bits per heavy atom. The number of para-hydroxylation sites is 1. The molecule has 2 heterocycles. The third kappa shape index (κ3) is 2.78. The van der Waals surface area contributed by atoms with Crippen LogP contribution in [0.25, 0.3) is 0 Å². The third-order valence-corrected chi connectivity index (χ3v) is 5.02. The highest BCUT2D eigenvalue weighted by Crippen LogP contribution is 2.29. The van der Waals surface area contributed by atoms with Crippen LogP contribution in [0.5, 0.6) is 0 Å². The number of anilines is 2. The second kappa shape index (κ2) is 5.80. The Labute approximate surface area is 125 Å². The van der Waals surface area contributed by atoms with Gasteiger partial charge in [0.1, 0.15) is 0 Å². The second-order valence-corrected chi connectivity index (χ2v) is 6.70. The molecular weight excluding hydrogens is 292 g/mol. The Hall–Kier alpha value is -1.60. The first-order valence-corrected chi connectivity index (χ1v) is 8.14. The molecule has 0 bridgehead atoms. The Balaban J connectivity index is 1.69. The first kappa shape index (κ1) is 13.4. The normalized spacial score (nSPS) is 14.1. The minimum Gasteiger partial charge on any atom is -0.374 e. The molecule has 104 valence electrons. The number of amides is 1. The zero-order valence-electron chi connectivity index (χ0n) is 10.8. The Bertz CT molecular complexity index is 628. The van der Waals surface area contributed by atoms with Crippen molar-refractivity contribution >= 4 is 39.8 Å². The van der Waals surface area contributed by atoms with E-state index in [2.05, 4.69) is 16.3 Å². The van der Waals surface area contributed by atoms with Crippen molar-refractivity contribution in [3.8, 4) is 0 Å². The second-order valence-electron chi connectivity index (χ2n) is 4.47. The molecule has 1 aromatic heterocycles. The van der Waals surface area contributed by atoms with Crippen LogP contribution in [-0.4, -0.2) is 28.4 Å². The number of aromatic nitrogens is 2. The minimum absolute atomic E-state index is 0.107. The predicted octanol–water partition coefficient (Wildman–Crippen LogP) is 2.19. The van der Waals surface area contributed by atoms with E-state index in [0.717, 1.165) is 29.4 Å². The smallest absolute Gasteiger partial charge is 0.237 e. The largest absolute Gasteiger partial charge is 0.374 e. The monoisotopic (exact) mass is 306 g/mol. The summed E-state index contributed by atoms with van der Waals surface area (Å²) in [5.74, 6) is 0.471. The van der Waals surface area contributed by atoms with Gasteiger partial charge < -0.3 is 10.6 Å². The van der Waals surface area contributed by atoms with Gasteiger partial charge in [-0.15, -0.1) is 10.2 Å². The van der Waals surface area contributed by atoms with E-state index >= 15 is 0 Å². The quantitative estimate of drug-likeness (QED) is 0.880. The Morgan fingerprint density at radius 3 is 3.05 bits per heavy atom. The molecule has 3 rings (SSSR count). The fourth-order valence-corrected chi connectivity index (χ4v) is 3.78. The van der Waals surface area contributed by atoms with Gasteiger partial charge in [0, 0.05) is 12.2 Å². The van der Waals surface area contributed by atoms with Crippen molar-refractivity contribution in [1.29, 1.82) is 0 Å². The molecule has 0 unspecified atom stereocenters. The van der Waals surface area contributed by atoms with Crippen LogP contribution < -0.4 is 10.6 Å². The van der Waals surface area contributed by atoms with Gasteiger partial charge in [-0.3, -0.25) is 4.79 Å². The van der Waals surface area contributed by atoms with Crippen LogP contribution in [0.15, 0.2) is 28.6 Å². The number of rotatable bonds is 3. The highest BCUT2D eigenvalue weighted by molar-refractivity contribution is 8.01. The summed E-state index contributed by atoms with van der Waals surface area (Å²) in [6.07, 6.45) is 2.05. The standard InChI is InChI=1S/C13H14N4OS2/c14-12-15-16-13(20-12)19-8-11(18)17-7-3-5-9-4-1-2-6-10(9)17/h1-2,4,6H,3,5,7-8H2,(H2,14,15). The lowest BCUT2D eigenvalue weighted by molar-refractivity contribution is -0.116. The predicted molar refractivity (Wildman–Crippen MR) is 82.2 cm³/mol. The van der Waals surface area contributed by atoms with Gasteiger partial charge in [-0.25, -0.2) is 0 Å². The van der Waals surface area contributed by atoms with Crippen LogP contribution in [0.2, 0.25) is 0 Å². The molecule has 0 saturated heterocycles. The molecular formula is C13H14N4OS2. The van der Waals surface area contributed by atoms with Crippen LogP contribution in [-0.2, 0) is 11.2 Å². The van der Waals surface area contributed by atoms with E-state index in [1.54, 1.807) is 0 Å². The fourth-order valence-electron chi connectivity index (χ4n) is 2.27. The van der Waals surface area contributed by atoms with Gasteiger partial charge >= 0.3 is 0 Å². The van der Waals surface area contributed by atoms with Gasteiger partial charge in [-0.05, 0) is 24.5 Å². The molecule has 5 nitrogen and oxygen atoms in total. The van der Waals surface area contributed by atoms with E-state index < -0.39 is 0 Å². The van der Waals surface area contributed by atoms with Gasteiger partial charge in [0.2, 0.25) is 11.0 Å². The van der Waals surface area contributed by atoms with Gasteiger partial charge in [-0.1, -0.05) is 41.3 Å². The molecule has 2 N–H and O–H groups in total.